The van der Waals surface area contributed by atoms with E-state index in [9.17, 15) is 14.9 Å². The van der Waals surface area contributed by atoms with Crippen molar-refractivity contribution in [3.63, 3.8) is 0 Å². The highest BCUT2D eigenvalue weighted by Gasteiger charge is 2.36. The number of aliphatic imine (C=N–C) groups is 1. The van der Waals surface area contributed by atoms with E-state index >= 15 is 0 Å². The summed E-state index contributed by atoms with van der Waals surface area (Å²) in [5, 5.41) is 26.2. The molecule has 1 N–H and O–H groups in total. The second-order valence-corrected chi connectivity index (χ2v) is 8.96. The van der Waals surface area contributed by atoms with Crippen LogP contribution in [-0.4, -0.2) is 52.2 Å². The maximum atomic E-state index is 12.6. The molecule has 0 fully saturated rings. The molecule has 0 aliphatic carbocycles. The van der Waals surface area contributed by atoms with Gasteiger partial charge in [0.15, 0.2) is 17.3 Å². The molecule has 12 heteroatoms. The molecule has 2 aliphatic rings. The van der Waals surface area contributed by atoms with Crippen molar-refractivity contribution in [1.29, 1.82) is 5.41 Å². The Morgan fingerprint density at radius 2 is 1.86 bits per heavy atom. The summed E-state index contributed by atoms with van der Waals surface area (Å²) in [6.07, 6.45) is 1.57. The molecule has 2 aromatic carbocycles. The normalized spacial score (nSPS) is 16.1. The second-order valence-electron chi connectivity index (χ2n) is 7.97. The molecule has 2 aromatic rings. The zero-order valence-corrected chi connectivity index (χ0v) is 20.6. The highest BCUT2D eigenvalue weighted by molar-refractivity contribution is 8.27. The molecule has 2 heterocycles. The smallest absolute Gasteiger partial charge is 0.283 e. The van der Waals surface area contributed by atoms with Gasteiger partial charge in [-0.05, 0) is 47.7 Å². The van der Waals surface area contributed by atoms with Crippen LogP contribution in [0.2, 0.25) is 0 Å². The molecule has 0 saturated carbocycles. The van der Waals surface area contributed by atoms with Gasteiger partial charge in [0.2, 0.25) is 5.17 Å². The third-order valence-corrected chi connectivity index (χ3v) is 6.33. The first kappa shape index (κ1) is 24.9. The van der Waals surface area contributed by atoms with Crippen LogP contribution in [0.1, 0.15) is 19.4 Å². The number of hydrazone groups is 1. The number of carbonyl (C=O) groups is 1. The first-order valence-corrected chi connectivity index (χ1v) is 11.8. The van der Waals surface area contributed by atoms with Crippen LogP contribution < -0.4 is 14.2 Å². The lowest BCUT2D eigenvalue weighted by atomic mass is 10.1. The van der Waals surface area contributed by atoms with Gasteiger partial charge < -0.3 is 14.2 Å². The van der Waals surface area contributed by atoms with E-state index in [1.807, 2.05) is 13.8 Å². The Hall–Kier alpha value is -4.19. The number of methoxy groups -OCH3 is 1. The van der Waals surface area contributed by atoms with Crippen LogP contribution in [0.25, 0.3) is 6.08 Å². The molecule has 4 rings (SSSR count). The predicted molar refractivity (Wildman–Crippen MR) is 137 cm³/mol. The molecule has 0 radical (unpaired) electrons. The number of thioether (sulfide) groups is 1. The minimum absolute atomic E-state index is 0.0111. The molecular formula is C24H23N5O6S. The highest BCUT2D eigenvalue weighted by Crippen LogP contribution is 2.32. The molecule has 0 unspecified atom stereocenters. The fraction of sp³-hybridized carbons (Fsp3) is 0.250. The van der Waals surface area contributed by atoms with Crippen LogP contribution in [0.15, 0.2) is 58.1 Å². The van der Waals surface area contributed by atoms with E-state index in [0.29, 0.717) is 28.0 Å². The van der Waals surface area contributed by atoms with Crippen LogP contribution in [0.4, 0.5) is 5.69 Å². The number of fused-ring (bicyclic) bond motifs is 1. The molecular weight excluding hydrogens is 486 g/mol. The number of amides is 1. The summed E-state index contributed by atoms with van der Waals surface area (Å²) < 4.78 is 16.7. The molecule has 186 valence electrons. The number of amidine groups is 2. The Morgan fingerprint density at radius 1 is 1.14 bits per heavy atom. The van der Waals surface area contributed by atoms with Crippen molar-refractivity contribution < 1.29 is 23.9 Å². The summed E-state index contributed by atoms with van der Waals surface area (Å²) >= 11 is 1.30. The van der Waals surface area contributed by atoms with Crippen molar-refractivity contribution in [2.24, 2.45) is 16.0 Å². The van der Waals surface area contributed by atoms with E-state index in [4.69, 9.17) is 19.6 Å². The topological polar surface area (TPSA) is 140 Å². The number of nitrogens with zero attached hydrogens (tertiary/aromatic N) is 4. The van der Waals surface area contributed by atoms with Gasteiger partial charge in [-0.15, -0.1) is 0 Å². The van der Waals surface area contributed by atoms with E-state index in [1.165, 1.54) is 48.1 Å². The van der Waals surface area contributed by atoms with Gasteiger partial charge in [-0.25, -0.2) is 0 Å². The summed E-state index contributed by atoms with van der Waals surface area (Å²) in [6.45, 7) is 4.40. The fourth-order valence-electron chi connectivity index (χ4n) is 3.28. The van der Waals surface area contributed by atoms with Gasteiger partial charge in [0.25, 0.3) is 11.6 Å². The number of nitro benzene ring substituents is 1. The van der Waals surface area contributed by atoms with Gasteiger partial charge in [-0.1, -0.05) is 19.9 Å². The van der Waals surface area contributed by atoms with Crippen LogP contribution in [0.3, 0.4) is 0 Å². The quantitative estimate of drug-likeness (QED) is 0.228. The Bertz CT molecular complexity index is 1300. The summed E-state index contributed by atoms with van der Waals surface area (Å²) in [4.78, 5) is 26.9. The Balaban J connectivity index is 1.41. The molecule has 1 amide bonds. The molecule has 0 spiro atoms. The average molecular weight is 510 g/mol. The summed E-state index contributed by atoms with van der Waals surface area (Å²) in [6, 6.07) is 10.9. The number of non-ortho nitro benzene ring substituents is 1. The second kappa shape index (κ2) is 10.6. The predicted octanol–water partition coefficient (Wildman–Crippen LogP) is 4.34. The number of nitrogens with one attached hydrogen (secondary N) is 1. The molecule has 0 aromatic heterocycles. The number of benzene rings is 2. The molecule has 11 nitrogen and oxygen atoms in total. The minimum Gasteiger partial charge on any atom is -0.493 e. The van der Waals surface area contributed by atoms with Gasteiger partial charge >= 0.3 is 0 Å². The van der Waals surface area contributed by atoms with Crippen molar-refractivity contribution >= 4 is 45.5 Å². The van der Waals surface area contributed by atoms with Crippen molar-refractivity contribution in [3.05, 3.63) is 63.7 Å². The fourth-order valence-corrected chi connectivity index (χ4v) is 4.17. The lowest BCUT2D eigenvalue weighted by Gasteiger charge is -2.20. The maximum absolute atomic E-state index is 12.6. The third-order valence-electron chi connectivity index (χ3n) is 5.12. The number of hydrogen-bond donors (Lipinski definition) is 1. The number of nitro groups is 1. The van der Waals surface area contributed by atoms with Crippen molar-refractivity contribution in [2.75, 3.05) is 20.3 Å². The van der Waals surface area contributed by atoms with Gasteiger partial charge in [-0.2, -0.15) is 15.1 Å². The van der Waals surface area contributed by atoms with E-state index in [0.717, 1.165) is 5.04 Å². The summed E-state index contributed by atoms with van der Waals surface area (Å²) in [5.41, 5.74) is 0.747. The lowest BCUT2D eigenvalue weighted by Crippen LogP contribution is -2.35. The Kier molecular flexibility index (Phi) is 7.34. The van der Waals surface area contributed by atoms with E-state index in [2.05, 4.69) is 10.1 Å². The van der Waals surface area contributed by atoms with Crippen molar-refractivity contribution in [2.45, 2.75) is 13.8 Å². The first-order chi connectivity index (χ1) is 17.3. The number of rotatable bonds is 9. The maximum Gasteiger partial charge on any atom is 0.283 e. The van der Waals surface area contributed by atoms with Gasteiger partial charge in [0, 0.05) is 18.1 Å². The molecule has 0 atom stereocenters. The minimum atomic E-state index is -0.498. The molecule has 0 bridgehead atoms. The van der Waals surface area contributed by atoms with Crippen LogP contribution >= 0.6 is 11.8 Å². The molecule has 36 heavy (non-hydrogen) atoms. The van der Waals surface area contributed by atoms with Gasteiger partial charge in [0.1, 0.15) is 24.0 Å². The average Bonchev–Trinajstić information content (AvgIpc) is 3.29. The number of hydrogen-bond acceptors (Lipinski definition) is 9. The Labute approximate surface area is 211 Å². The van der Waals surface area contributed by atoms with Crippen molar-refractivity contribution in [1.82, 2.24) is 5.01 Å². The van der Waals surface area contributed by atoms with E-state index in [1.54, 1.807) is 24.3 Å². The van der Waals surface area contributed by atoms with Crippen LogP contribution in [0.5, 0.6) is 17.2 Å². The largest absolute Gasteiger partial charge is 0.493 e. The van der Waals surface area contributed by atoms with Crippen molar-refractivity contribution in [3.8, 4) is 17.2 Å². The lowest BCUT2D eigenvalue weighted by molar-refractivity contribution is -0.384. The van der Waals surface area contributed by atoms with E-state index in [-0.39, 0.29) is 36.2 Å². The summed E-state index contributed by atoms with van der Waals surface area (Å²) in [5.74, 6) is 1.03. The SMILES string of the molecule is COc1cc(/C=C2\C(=N)N3N=C(C(C)C)SC3=NC2=O)ccc1OCCOc1ccc([N+](=O)[O-])cc1. The third kappa shape index (κ3) is 5.38. The molecule has 2 aliphatic heterocycles. The Morgan fingerprint density at radius 3 is 2.53 bits per heavy atom. The number of ether oxygens (including phenoxy) is 3. The monoisotopic (exact) mass is 509 g/mol. The molecule has 0 saturated heterocycles. The van der Waals surface area contributed by atoms with Gasteiger partial charge in [0.05, 0.1) is 17.6 Å². The van der Waals surface area contributed by atoms with Gasteiger partial charge in [-0.3, -0.25) is 20.3 Å². The first-order valence-electron chi connectivity index (χ1n) is 10.9. The standard InChI is InChI=1S/C24H23N5O6S/c1-14(2)23-27-28-21(25)18(22(30)26-24(28)36-23)12-15-4-9-19(20(13-15)33-3)35-11-10-34-17-7-5-16(6-8-17)29(31)32/h4-9,12-14,25H,10-11H2,1-3H3/b18-12+,25-21?. The van der Waals surface area contributed by atoms with Crippen LogP contribution in [0, 0.1) is 21.4 Å². The van der Waals surface area contributed by atoms with E-state index < -0.39 is 10.8 Å². The zero-order valence-electron chi connectivity index (χ0n) is 19.8. The highest BCUT2D eigenvalue weighted by atomic mass is 32.2. The van der Waals surface area contributed by atoms with Crippen LogP contribution in [-0.2, 0) is 4.79 Å². The summed E-state index contributed by atoms with van der Waals surface area (Å²) in [7, 11) is 1.50. The zero-order chi connectivity index (χ0) is 25.8. The number of carbonyl (C=O) groups excluding carboxylic acids is 1.